The van der Waals surface area contributed by atoms with Crippen LogP contribution in [0.25, 0.3) is 22.2 Å². The Morgan fingerprint density at radius 2 is 1.41 bits per heavy atom. The number of carbonyl (C=O) groups excluding carboxylic acids is 2. The standard InChI is InChI=1S/C30H18Cl3NO3/c31-20-12-10-19(11-13-20)29(28(35)18-6-2-1-3-7-18)37-30(36)24-17-27(23-15-14-21(32)16-25(23)33)34-26-9-5-4-8-22(24)26/h1-17,29H/t29-/m1/s1. The van der Waals surface area contributed by atoms with Gasteiger partial charge in [-0.05, 0) is 42.5 Å². The Balaban J connectivity index is 1.59. The summed E-state index contributed by atoms with van der Waals surface area (Å²) in [6, 6.07) is 29.2. The number of hydrogen-bond donors (Lipinski definition) is 0. The summed E-state index contributed by atoms with van der Waals surface area (Å²) in [5.41, 5.74) is 2.85. The van der Waals surface area contributed by atoms with Gasteiger partial charge in [-0.2, -0.15) is 0 Å². The van der Waals surface area contributed by atoms with Crippen LogP contribution in [-0.4, -0.2) is 16.7 Å². The number of ether oxygens (including phenoxy) is 1. The third-order valence-electron chi connectivity index (χ3n) is 5.84. The van der Waals surface area contributed by atoms with Crippen molar-refractivity contribution in [2.45, 2.75) is 6.10 Å². The molecule has 1 atom stereocenters. The number of benzene rings is 4. The summed E-state index contributed by atoms with van der Waals surface area (Å²) < 4.78 is 5.91. The van der Waals surface area contributed by atoms with Crippen molar-refractivity contribution in [3.63, 3.8) is 0 Å². The highest BCUT2D eigenvalue weighted by molar-refractivity contribution is 6.36. The largest absolute Gasteiger partial charge is 0.445 e. The molecule has 0 bridgehead atoms. The molecule has 37 heavy (non-hydrogen) atoms. The summed E-state index contributed by atoms with van der Waals surface area (Å²) in [5.74, 6) is -1.02. The van der Waals surface area contributed by atoms with Gasteiger partial charge in [-0.25, -0.2) is 9.78 Å². The molecule has 5 rings (SSSR count). The predicted octanol–water partition coefficient (Wildman–Crippen LogP) is 8.64. The molecule has 182 valence electrons. The van der Waals surface area contributed by atoms with Crippen LogP contribution >= 0.6 is 34.8 Å². The molecule has 0 aliphatic rings. The Kier molecular flexibility index (Phi) is 7.24. The molecule has 0 amide bonds. The number of nitrogens with zero attached hydrogens (tertiary/aromatic N) is 1. The van der Waals surface area contributed by atoms with Crippen LogP contribution in [0.5, 0.6) is 0 Å². The zero-order valence-corrected chi connectivity index (χ0v) is 21.5. The van der Waals surface area contributed by atoms with E-state index in [2.05, 4.69) is 0 Å². The predicted molar refractivity (Wildman–Crippen MR) is 148 cm³/mol. The monoisotopic (exact) mass is 545 g/mol. The molecule has 0 aliphatic carbocycles. The number of hydrogen-bond acceptors (Lipinski definition) is 4. The van der Waals surface area contributed by atoms with Gasteiger partial charge in [0.15, 0.2) is 6.10 Å². The zero-order valence-electron chi connectivity index (χ0n) is 19.2. The number of esters is 1. The van der Waals surface area contributed by atoms with Crippen molar-refractivity contribution >= 4 is 57.5 Å². The molecule has 4 nitrogen and oxygen atoms in total. The molecule has 0 saturated carbocycles. The fourth-order valence-corrected chi connectivity index (χ4v) is 4.65. The number of aromatic nitrogens is 1. The van der Waals surface area contributed by atoms with Gasteiger partial charge in [0.05, 0.1) is 21.8 Å². The second-order valence-corrected chi connectivity index (χ2v) is 9.54. The van der Waals surface area contributed by atoms with Gasteiger partial charge in [-0.1, -0.05) is 95.5 Å². The fourth-order valence-electron chi connectivity index (χ4n) is 4.01. The van der Waals surface area contributed by atoms with Crippen LogP contribution in [0.15, 0.2) is 103 Å². The van der Waals surface area contributed by atoms with Gasteiger partial charge in [0.1, 0.15) is 0 Å². The summed E-state index contributed by atoms with van der Waals surface area (Å²) in [6.45, 7) is 0. The molecule has 0 aliphatic heterocycles. The van der Waals surface area contributed by atoms with Crippen LogP contribution in [0.1, 0.15) is 32.4 Å². The number of ketones is 1. The highest BCUT2D eigenvalue weighted by Gasteiger charge is 2.28. The van der Waals surface area contributed by atoms with E-state index in [0.29, 0.717) is 48.4 Å². The summed E-state index contributed by atoms with van der Waals surface area (Å²) in [7, 11) is 0. The van der Waals surface area contributed by atoms with E-state index < -0.39 is 12.1 Å². The van der Waals surface area contributed by atoms with E-state index in [-0.39, 0.29) is 11.3 Å². The van der Waals surface area contributed by atoms with Gasteiger partial charge < -0.3 is 4.74 Å². The maximum Gasteiger partial charge on any atom is 0.339 e. The van der Waals surface area contributed by atoms with Gasteiger partial charge in [-0.3, -0.25) is 4.79 Å². The van der Waals surface area contributed by atoms with Crippen LogP contribution in [0.4, 0.5) is 0 Å². The first kappa shape index (κ1) is 25.0. The lowest BCUT2D eigenvalue weighted by molar-refractivity contribution is 0.0282. The minimum Gasteiger partial charge on any atom is -0.445 e. The number of rotatable bonds is 6. The highest BCUT2D eigenvalue weighted by Crippen LogP contribution is 2.33. The molecule has 0 fully saturated rings. The smallest absolute Gasteiger partial charge is 0.339 e. The maximum absolute atomic E-state index is 13.7. The van der Waals surface area contributed by atoms with Crippen molar-refractivity contribution in [1.29, 1.82) is 0 Å². The second-order valence-electron chi connectivity index (χ2n) is 8.26. The van der Waals surface area contributed by atoms with E-state index in [1.807, 2.05) is 18.2 Å². The molecule has 7 heteroatoms. The van der Waals surface area contributed by atoms with Crippen LogP contribution in [-0.2, 0) is 4.74 Å². The normalized spacial score (nSPS) is 11.8. The van der Waals surface area contributed by atoms with Gasteiger partial charge in [-0.15, -0.1) is 0 Å². The number of Topliss-reactive ketones (excluding diaryl/α,β-unsaturated/α-hetero) is 1. The van der Waals surface area contributed by atoms with Crippen LogP contribution < -0.4 is 0 Å². The molecule has 0 radical (unpaired) electrons. The first-order valence-corrected chi connectivity index (χ1v) is 12.4. The molecular weight excluding hydrogens is 529 g/mol. The van der Waals surface area contributed by atoms with Crippen LogP contribution in [0.3, 0.4) is 0 Å². The number of pyridine rings is 1. The lowest BCUT2D eigenvalue weighted by Crippen LogP contribution is -2.20. The molecule has 0 saturated heterocycles. The Morgan fingerprint density at radius 1 is 0.730 bits per heavy atom. The first-order valence-electron chi connectivity index (χ1n) is 11.3. The molecule has 5 aromatic rings. The maximum atomic E-state index is 13.7. The van der Waals surface area contributed by atoms with E-state index in [4.69, 9.17) is 44.5 Å². The topological polar surface area (TPSA) is 56.3 Å². The molecule has 0 spiro atoms. The summed E-state index contributed by atoms with van der Waals surface area (Å²) in [4.78, 5) is 31.9. The van der Waals surface area contributed by atoms with Crippen molar-refractivity contribution in [3.8, 4) is 11.3 Å². The van der Waals surface area contributed by atoms with E-state index in [0.717, 1.165) is 0 Å². The van der Waals surface area contributed by atoms with Crippen molar-refractivity contribution in [3.05, 3.63) is 135 Å². The third-order valence-corrected chi connectivity index (χ3v) is 6.64. The average molecular weight is 547 g/mol. The minimum absolute atomic E-state index is 0.256. The van der Waals surface area contributed by atoms with Gasteiger partial charge in [0.25, 0.3) is 0 Å². The molecule has 0 unspecified atom stereocenters. The first-order chi connectivity index (χ1) is 17.9. The summed E-state index contributed by atoms with van der Waals surface area (Å²) in [6.07, 6.45) is -1.18. The number of carbonyl (C=O) groups is 2. The average Bonchev–Trinajstić information content (AvgIpc) is 2.91. The SMILES string of the molecule is O=C(O[C@@H](C(=O)c1ccccc1)c1ccc(Cl)cc1)c1cc(-c2ccc(Cl)cc2Cl)nc2ccccc12. The van der Waals surface area contributed by atoms with E-state index in [9.17, 15) is 9.59 Å². The van der Waals surface area contributed by atoms with Crippen molar-refractivity contribution in [2.75, 3.05) is 0 Å². The summed E-state index contributed by atoms with van der Waals surface area (Å²) >= 11 is 18.6. The van der Waals surface area contributed by atoms with Crippen molar-refractivity contribution in [2.24, 2.45) is 0 Å². The van der Waals surface area contributed by atoms with Crippen LogP contribution in [0.2, 0.25) is 15.1 Å². The quantitative estimate of drug-likeness (QED) is 0.158. The molecule has 4 aromatic carbocycles. The van der Waals surface area contributed by atoms with Crippen LogP contribution in [0, 0.1) is 0 Å². The Hall–Kier alpha value is -3.70. The molecular formula is C30H18Cl3NO3. The molecule has 1 aromatic heterocycles. The number of para-hydroxylation sites is 1. The summed E-state index contributed by atoms with van der Waals surface area (Å²) in [5, 5.41) is 1.97. The Labute approximate surface area is 228 Å². The van der Waals surface area contributed by atoms with Gasteiger partial charge in [0, 0.05) is 32.1 Å². The Bertz CT molecular complexity index is 1620. The Morgan fingerprint density at radius 3 is 2.14 bits per heavy atom. The fraction of sp³-hybridized carbons (Fsp3) is 0.0333. The molecule has 1 heterocycles. The van der Waals surface area contributed by atoms with Crippen molar-refractivity contribution in [1.82, 2.24) is 4.98 Å². The van der Waals surface area contributed by atoms with Gasteiger partial charge >= 0.3 is 5.97 Å². The minimum atomic E-state index is -1.18. The lowest BCUT2D eigenvalue weighted by atomic mass is 9.99. The number of halogens is 3. The highest BCUT2D eigenvalue weighted by atomic mass is 35.5. The number of fused-ring (bicyclic) bond motifs is 1. The van der Waals surface area contributed by atoms with E-state index in [1.54, 1.807) is 84.9 Å². The molecule has 0 N–H and O–H groups in total. The third kappa shape index (κ3) is 5.37. The van der Waals surface area contributed by atoms with E-state index in [1.165, 1.54) is 0 Å². The zero-order chi connectivity index (χ0) is 25.9. The van der Waals surface area contributed by atoms with Crippen molar-refractivity contribution < 1.29 is 14.3 Å². The van der Waals surface area contributed by atoms with Gasteiger partial charge in [0.2, 0.25) is 5.78 Å². The lowest BCUT2D eigenvalue weighted by Gasteiger charge is -2.19. The van der Waals surface area contributed by atoms with E-state index >= 15 is 0 Å². The second kappa shape index (κ2) is 10.7.